The molecule has 0 aromatic heterocycles. The number of benzene rings is 1. The average Bonchev–Trinajstić information content (AvgIpc) is 2.07. The second-order valence-corrected chi connectivity index (χ2v) is 3.85. The summed E-state index contributed by atoms with van der Waals surface area (Å²) in [6.45, 7) is 2.74. The molecule has 0 spiro atoms. The lowest BCUT2D eigenvalue weighted by Crippen LogP contribution is -2.35. The van der Waals surface area contributed by atoms with Crippen molar-refractivity contribution in [3.8, 4) is 5.75 Å². The van der Waals surface area contributed by atoms with Crippen LogP contribution in [0.5, 0.6) is 5.75 Å². The van der Waals surface area contributed by atoms with Gasteiger partial charge in [-0.2, -0.15) is 0 Å². The van der Waals surface area contributed by atoms with Crippen LogP contribution >= 0.6 is 0 Å². The number of rotatable bonds is 2. The number of carboxylic acids is 1. The first-order chi connectivity index (χ1) is 7.09. The van der Waals surface area contributed by atoms with Gasteiger partial charge in [0.15, 0.2) is 0 Å². The lowest BCUT2D eigenvalue weighted by atomic mass is 9.93. The van der Waals surface area contributed by atoms with Gasteiger partial charge >= 0.3 is 5.97 Å². The zero-order valence-corrected chi connectivity index (χ0v) is 8.45. The first kappa shape index (κ1) is 9.98. The molecule has 1 aromatic rings. The molecule has 0 bridgehead atoms. The topological polar surface area (TPSA) is 69.6 Å². The Bertz CT molecular complexity index is 411. The van der Waals surface area contributed by atoms with E-state index in [4.69, 9.17) is 5.11 Å². The Labute approximate surface area is 87.6 Å². The van der Waals surface area contributed by atoms with E-state index in [1.807, 2.05) is 13.0 Å². The molecule has 0 radical (unpaired) electrons. The zero-order valence-electron chi connectivity index (χ0n) is 8.45. The van der Waals surface area contributed by atoms with Gasteiger partial charge in [-0.1, -0.05) is 6.07 Å². The molecule has 15 heavy (non-hydrogen) atoms. The highest BCUT2D eigenvalue weighted by atomic mass is 16.4. The number of nitrogens with one attached hydrogen (secondary N) is 1. The fourth-order valence-electron chi connectivity index (χ4n) is 1.79. The molecule has 1 saturated heterocycles. The summed E-state index contributed by atoms with van der Waals surface area (Å²) in [4.78, 5) is 10.9. The van der Waals surface area contributed by atoms with Gasteiger partial charge in [-0.15, -0.1) is 0 Å². The van der Waals surface area contributed by atoms with Crippen molar-refractivity contribution in [1.82, 2.24) is 5.32 Å². The van der Waals surface area contributed by atoms with Crippen LogP contribution in [0.4, 0.5) is 0 Å². The van der Waals surface area contributed by atoms with Crippen molar-refractivity contribution in [2.24, 2.45) is 0 Å². The van der Waals surface area contributed by atoms with Gasteiger partial charge < -0.3 is 15.5 Å². The molecule has 4 nitrogen and oxygen atoms in total. The minimum absolute atomic E-state index is 0.0151. The van der Waals surface area contributed by atoms with E-state index in [-0.39, 0.29) is 17.4 Å². The van der Waals surface area contributed by atoms with Gasteiger partial charge in [0, 0.05) is 11.6 Å². The van der Waals surface area contributed by atoms with Crippen molar-refractivity contribution in [3.63, 3.8) is 0 Å². The molecule has 1 aliphatic rings. The summed E-state index contributed by atoms with van der Waals surface area (Å²) in [5.41, 5.74) is 1.53. The van der Waals surface area contributed by atoms with Gasteiger partial charge in [0.2, 0.25) is 0 Å². The predicted molar refractivity (Wildman–Crippen MR) is 55.2 cm³/mol. The minimum Gasteiger partial charge on any atom is -0.507 e. The number of hydrogen-bond acceptors (Lipinski definition) is 3. The van der Waals surface area contributed by atoms with Crippen molar-refractivity contribution < 1.29 is 15.0 Å². The highest BCUT2D eigenvalue weighted by molar-refractivity contribution is 5.91. The maximum Gasteiger partial charge on any atom is 0.339 e. The van der Waals surface area contributed by atoms with Crippen LogP contribution in [0.15, 0.2) is 12.1 Å². The van der Waals surface area contributed by atoms with Gasteiger partial charge in [0.25, 0.3) is 0 Å². The summed E-state index contributed by atoms with van der Waals surface area (Å²) in [5, 5.41) is 21.8. The molecule has 0 saturated carbocycles. The van der Waals surface area contributed by atoms with Crippen LogP contribution in [-0.2, 0) is 0 Å². The molecule has 4 heteroatoms. The largest absolute Gasteiger partial charge is 0.507 e. The van der Waals surface area contributed by atoms with Crippen molar-refractivity contribution >= 4 is 5.97 Å². The molecular formula is C11H13NO3. The lowest BCUT2D eigenvalue weighted by Gasteiger charge is -2.29. The normalized spacial score (nSPS) is 19.7. The highest BCUT2D eigenvalue weighted by Crippen LogP contribution is 2.33. The number of carbonyl (C=O) groups is 1. The zero-order chi connectivity index (χ0) is 11.0. The second-order valence-electron chi connectivity index (χ2n) is 3.85. The third-order valence-corrected chi connectivity index (χ3v) is 2.71. The maximum absolute atomic E-state index is 10.9. The summed E-state index contributed by atoms with van der Waals surface area (Å²) in [6.07, 6.45) is 0.941. The Morgan fingerprint density at radius 3 is 2.67 bits per heavy atom. The van der Waals surface area contributed by atoms with Crippen LogP contribution in [0, 0.1) is 6.92 Å². The fraction of sp³-hybridized carbons (Fsp3) is 0.364. The van der Waals surface area contributed by atoms with Crippen molar-refractivity contribution in [3.05, 3.63) is 28.8 Å². The number of aryl methyl sites for hydroxylation is 1. The summed E-state index contributed by atoms with van der Waals surface area (Å²) in [6, 6.07) is 3.42. The number of hydrogen-bond donors (Lipinski definition) is 3. The van der Waals surface area contributed by atoms with Gasteiger partial charge in [-0.3, -0.25) is 0 Å². The van der Waals surface area contributed by atoms with E-state index in [0.29, 0.717) is 5.56 Å². The molecule has 1 aromatic carbocycles. The smallest absolute Gasteiger partial charge is 0.339 e. The molecule has 1 aliphatic heterocycles. The third-order valence-electron chi connectivity index (χ3n) is 2.71. The summed E-state index contributed by atoms with van der Waals surface area (Å²) in [7, 11) is 0. The maximum atomic E-state index is 10.9. The van der Waals surface area contributed by atoms with Gasteiger partial charge in [0.1, 0.15) is 11.3 Å². The first-order valence-electron chi connectivity index (χ1n) is 4.90. The van der Waals surface area contributed by atoms with E-state index in [1.54, 1.807) is 0 Å². The van der Waals surface area contributed by atoms with Crippen LogP contribution in [0.3, 0.4) is 0 Å². The van der Waals surface area contributed by atoms with Crippen LogP contribution in [0.25, 0.3) is 0 Å². The molecular weight excluding hydrogens is 194 g/mol. The third kappa shape index (κ3) is 1.68. The summed E-state index contributed by atoms with van der Waals surface area (Å²) in [5.74, 6) is -1.19. The Kier molecular flexibility index (Phi) is 2.36. The van der Waals surface area contributed by atoms with Crippen molar-refractivity contribution in [2.45, 2.75) is 19.4 Å². The molecule has 0 amide bonds. The molecule has 1 fully saturated rings. The van der Waals surface area contributed by atoms with Crippen molar-refractivity contribution in [2.75, 3.05) is 6.54 Å². The van der Waals surface area contributed by atoms with E-state index in [0.717, 1.165) is 18.5 Å². The molecule has 80 valence electrons. The average molecular weight is 207 g/mol. The minimum atomic E-state index is -1.09. The van der Waals surface area contributed by atoms with Crippen LogP contribution < -0.4 is 5.32 Å². The summed E-state index contributed by atoms with van der Waals surface area (Å²) < 4.78 is 0. The fourth-order valence-corrected chi connectivity index (χ4v) is 1.79. The SMILES string of the molecule is Cc1cc(C(=O)O)c(O)c([C@H]2CCN2)c1. The molecule has 2 rings (SSSR count). The highest BCUT2D eigenvalue weighted by Gasteiger charge is 2.24. The van der Waals surface area contributed by atoms with Crippen LogP contribution in [0.1, 0.15) is 33.9 Å². The predicted octanol–water partition coefficient (Wildman–Crippen LogP) is 1.43. The Balaban J connectivity index is 2.49. The second kappa shape index (κ2) is 3.55. The Morgan fingerprint density at radius 2 is 2.20 bits per heavy atom. The number of phenols is 1. The lowest BCUT2D eigenvalue weighted by molar-refractivity contribution is 0.0693. The van der Waals surface area contributed by atoms with E-state index in [9.17, 15) is 9.90 Å². The van der Waals surface area contributed by atoms with E-state index >= 15 is 0 Å². The monoisotopic (exact) mass is 207 g/mol. The van der Waals surface area contributed by atoms with Gasteiger partial charge in [-0.05, 0) is 31.5 Å². The molecule has 1 atom stereocenters. The quantitative estimate of drug-likeness (QED) is 0.686. The Morgan fingerprint density at radius 1 is 1.53 bits per heavy atom. The van der Waals surface area contributed by atoms with Crippen LogP contribution in [0.2, 0.25) is 0 Å². The molecule has 3 N–H and O–H groups in total. The van der Waals surface area contributed by atoms with E-state index in [1.165, 1.54) is 6.07 Å². The summed E-state index contributed by atoms with van der Waals surface area (Å²) >= 11 is 0. The number of aromatic hydroxyl groups is 1. The molecule has 0 unspecified atom stereocenters. The number of aromatic carboxylic acids is 1. The van der Waals surface area contributed by atoms with Crippen LogP contribution in [-0.4, -0.2) is 22.7 Å². The van der Waals surface area contributed by atoms with Gasteiger partial charge in [0.05, 0.1) is 0 Å². The first-order valence-corrected chi connectivity index (χ1v) is 4.90. The molecule has 0 aliphatic carbocycles. The number of carboxylic acid groups (broad SMARTS) is 1. The molecule has 1 heterocycles. The Hall–Kier alpha value is -1.55. The van der Waals surface area contributed by atoms with Gasteiger partial charge in [-0.25, -0.2) is 4.79 Å². The van der Waals surface area contributed by atoms with E-state index < -0.39 is 5.97 Å². The standard InChI is InChI=1S/C11H13NO3/c1-6-4-7(9-2-3-12-9)10(13)8(5-6)11(14)15/h4-5,9,12-13H,2-3H2,1H3,(H,14,15)/t9-/m1/s1. The van der Waals surface area contributed by atoms with Crippen molar-refractivity contribution in [1.29, 1.82) is 0 Å². The van der Waals surface area contributed by atoms with E-state index in [2.05, 4.69) is 5.32 Å².